The third-order valence-corrected chi connectivity index (χ3v) is 2.72. The summed E-state index contributed by atoms with van der Waals surface area (Å²) in [7, 11) is 0. The molecular formula is C14H12N4O3. The molecule has 0 saturated heterocycles. The predicted molar refractivity (Wildman–Crippen MR) is 77.0 cm³/mol. The monoisotopic (exact) mass is 284 g/mol. The maximum absolute atomic E-state index is 11.9. The Labute approximate surface area is 120 Å². The fourth-order valence-electron chi connectivity index (χ4n) is 1.60. The molecule has 1 aromatic heterocycles. The average molecular weight is 284 g/mol. The second-order valence-corrected chi connectivity index (χ2v) is 4.19. The van der Waals surface area contributed by atoms with E-state index in [9.17, 15) is 14.9 Å². The van der Waals surface area contributed by atoms with Crippen LogP contribution in [0, 0.1) is 10.1 Å². The summed E-state index contributed by atoms with van der Waals surface area (Å²) in [6.45, 7) is 1.73. The number of carbonyl (C=O) groups is 1. The van der Waals surface area contributed by atoms with Crippen molar-refractivity contribution in [3.63, 3.8) is 0 Å². The first-order valence-corrected chi connectivity index (χ1v) is 6.07. The van der Waals surface area contributed by atoms with E-state index in [1.54, 1.807) is 25.4 Å². The van der Waals surface area contributed by atoms with E-state index < -0.39 is 10.8 Å². The fourth-order valence-corrected chi connectivity index (χ4v) is 1.60. The lowest BCUT2D eigenvalue weighted by Crippen LogP contribution is -2.19. The van der Waals surface area contributed by atoms with Gasteiger partial charge in [-0.15, -0.1) is 0 Å². The van der Waals surface area contributed by atoms with Gasteiger partial charge in [0, 0.05) is 35.7 Å². The molecule has 106 valence electrons. The van der Waals surface area contributed by atoms with Crippen LogP contribution in [-0.4, -0.2) is 21.5 Å². The Bertz CT molecular complexity index is 698. The summed E-state index contributed by atoms with van der Waals surface area (Å²) in [6, 6.07) is 9.02. The van der Waals surface area contributed by atoms with Crippen LogP contribution in [0.25, 0.3) is 0 Å². The van der Waals surface area contributed by atoms with Crippen LogP contribution in [0.15, 0.2) is 53.9 Å². The maximum Gasteiger partial charge on any atom is 0.271 e. The summed E-state index contributed by atoms with van der Waals surface area (Å²) in [5.74, 6) is -0.512. The molecule has 1 N–H and O–H groups in total. The minimum atomic E-state index is -0.555. The molecule has 7 heteroatoms. The largest absolute Gasteiger partial charge is 0.271 e. The van der Waals surface area contributed by atoms with E-state index in [0.29, 0.717) is 5.71 Å². The van der Waals surface area contributed by atoms with Crippen molar-refractivity contribution >= 4 is 17.3 Å². The summed E-state index contributed by atoms with van der Waals surface area (Å²) in [4.78, 5) is 26.0. The molecule has 0 fully saturated rings. The SMILES string of the molecule is C/C(=N/NC(=O)c1cccc([N+](=O)[O-])c1)c1cccnc1. The molecule has 1 aromatic carbocycles. The van der Waals surface area contributed by atoms with Gasteiger partial charge in [-0.3, -0.25) is 19.9 Å². The van der Waals surface area contributed by atoms with Gasteiger partial charge >= 0.3 is 0 Å². The Kier molecular flexibility index (Phi) is 4.35. The maximum atomic E-state index is 11.9. The highest BCUT2D eigenvalue weighted by Gasteiger charge is 2.11. The molecular weight excluding hydrogens is 272 g/mol. The van der Waals surface area contributed by atoms with E-state index >= 15 is 0 Å². The number of amides is 1. The van der Waals surface area contributed by atoms with Crippen molar-refractivity contribution in [3.05, 3.63) is 70.0 Å². The summed E-state index contributed by atoms with van der Waals surface area (Å²) in [5, 5.41) is 14.6. The second-order valence-electron chi connectivity index (χ2n) is 4.19. The second kappa shape index (κ2) is 6.38. The minimum Gasteiger partial charge on any atom is -0.267 e. The normalized spacial score (nSPS) is 11.0. The van der Waals surface area contributed by atoms with Crippen molar-refractivity contribution in [2.45, 2.75) is 6.92 Å². The number of hydrogen-bond acceptors (Lipinski definition) is 5. The van der Waals surface area contributed by atoms with Gasteiger partial charge in [-0.25, -0.2) is 5.43 Å². The third-order valence-electron chi connectivity index (χ3n) is 2.72. The molecule has 0 aliphatic carbocycles. The van der Waals surface area contributed by atoms with Gasteiger partial charge in [0.1, 0.15) is 0 Å². The van der Waals surface area contributed by atoms with Crippen molar-refractivity contribution in [3.8, 4) is 0 Å². The predicted octanol–water partition coefficient (Wildman–Crippen LogP) is 2.14. The van der Waals surface area contributed by atoms with Crippen LogP contribution >= 0.6 is 0 Å². The number of carbonyl (C=O) groups excluding carboxylic acids is 1. The van der Waals surface area contributed by atoms with Gasteiger partial charge in [-0.2, -0.15) is 5.10 Å². The molecule has 0 aliphatic rings. The average Bonchev–Trinajstić information content (AvgIpc) is 2.53. The number of nitrogens with one attached hydrogen (secondary N) is 1. The molecule has 0 unspecified atom stereocenters. The van der Waals surface area contributed by atoms with Crippen LogP contribution in [0.4, 0.5) is 5.69 Å². The van der Waals surface area contributed by atoms with Gasteiger partial charge in [0.2, 0.25) is 0 Å². The van der Waals surface area contributed by atoms with Crippen LogP contribution in [0.1, 0.15) is 22.8 Å². The molecule has 0 aliphatic heterocycles. The van der Waals surface area contributed by atoms with E-state index in [-0.39, 0.29) is 11.3 Å². The first-order valence-electron chi connectivity index (χ1n) is 6.07. The number of non-ortho nitro benzene ring substituents is 1. The van der Waals surface area contributed by atoms with Crippen LogP contribution in [0.5, 0.6) is 0 Å². The van der Waals surface area contributed by atoms with Crippen molar-refractivity contribution in [1.82, 2.24) is 10.4 Å². The van der Waals surface area contributed by atoms with Crippen LogP contribution < -0.4 is 5.43 Å². The molecule has 0 bridgehead atoms. The number of rotatable bonds is 4. The lowest BCUT2D eigenvalue weighted by molar-refractivity contribution is -0.384. The van der Waals surface area contributed by atoms with Gasteiger partial charge < -0.3 is 0 Å². The Hall–Kier alpha value is -3.09. The Balaban J connectivity index is 2.12. The minimum absolute atomic E-state index is 0.143. The standard InChI is InChI=1S/C14H12N4O3/c1-10(12-5-3-7-15-9-12)16-17-14(19)11-4-2-6-13(8-11)18(20)21/h2-9H,1H3,(H,17,19)/b16-10-. The Morgan fingerprint density at radius 3 is 2.71 bits per heavy atom. The van der Waals surface area contributed by atoms with Crippen molar-refractivity contribution < 1.29 is 9.72 Å². The molecule has 2 aromatic rings. The number of nitrogens with zero attached hydrogens (tertiary/aromatic N) is 3. The highest BCUT2D eigenvalue weighted by atomic mass is 16.6. The van der Waals surface area contributed by atoms with Gasteiger partial charge in [0.15, 0.2) is 0 Å². The number of aromatic nitrogens is 1. The van der Waals surface area contributed by atoms with Crippen molar-refractivity contribution in [1.29, 1.82) is 0 Å². The molecule has 1 heterocycles. The quantitative estimate of drug-likeness (QED) is 0.528. The number of benzene rings is 1. The summed E-state index contributed by atoms with van der Waals surface area (Å²) < 4.78 is 0. The molecule has 7 nitrogen and oxygen atoms in total. The number of pyridine rings is 1. The first-order chi connectivity index (χ1) is 10.1. The highest BCUT2D eigenvalue weighted by Crippen LogP contribution is 2.12. The van der Waals surface area contributed by atoms with E-state index in [0.717, 1.165) is 5.56 Å². The number of nitro benzene ring substituents is 1. The summed E-state index contributed by atoms with van der Waals surface area (Å²) in [6.07, 6.45) is 3.26. The molecule has 0 radical (unpaired) electrons. The van der Waals surface area contributed by atoms with Gasteiger partial charge in [0.05, 0.1) is 10.6 Å². The zero-order valence-corrected chi connectivity index (χ0v) is 11.2. The summed E-state index contributed by atoms with van der Waals surface area (Å²) in [5.41, 5.74) is 3.75. The van der Waals surface area contributed by atoms with Crippen molar-refractivity contribution in [2.24, 2.45) is 5.10 Å². The molecule has 21 heavy (non-hydrogen) atoms. The van der Waals surface area contributed by atoms with Crippen molar-refractivity contribution in [2.75, 3.05) is 0 Å². The van der Waals surface area contributed by atoms with Crippen LogP contribution in [0.3, 0.4) is 0 Å². The van der Waals surface area contributed by atoms with Gasteiger partial charge in [0.25, 0.3) is 11.6 Å². The van der Waals surface area contributed by atoms with E-state index in [4.69, 9.17) is 0 Å². The highest BCUT2D eigenvalue weighted by molar-refractivity contribution is 6.00. The smallest absolute Gasteiger partial charge is 0.267 e. The lowest BCUT2D eigenvalue weighted by Gasteiger charge is -2.02. The number of hydrogen-bond donors (Lipinski definition) is 1. The molecule has 1 amide bonds. The zero-order chi connectivity index (χ0) is 15.2. The summed E-state index contributed by atoms with van der Waals surface area (Å²) >= 11 is 0. The van der Waals surface area contributed by atoms with E-state index in [2.05, 4.69) is 15.5 Å². The first kappa shape index (κ1) is 14.3. The fraction of sp³-hybridized carbons (Fsp3) is 0.0714. The van der Waals surface area contributed by atoms with Gasteiger partial charge in [-0.05, 0) is 19.1 Å². The number of hydrazone groups is 1. The molecule has 0 atom stereocenters. The number of nitro groups is 1. The molecule has 0 spiro atoms. The van der Waals surface area contributed by atoms with Crippen LogP contribution in [0.2, 0.25) is 0 Å². The third kappa shape index (κ3) is 3.69. The lowest BCUT2D eigenvalue weighted by atomic mass is 10.2. The Morgan fingerprint density at radius 2 is 2.05 bits per heavy atom. The zero-order valence-electron chi connectivity index (χ0n) is 11.2. The van der Waals surface area contributed by atoms with Crippen LogP contribution in [-0.2, 0) is 0 Å². The molecule has 2 rings (SSSR count). The Morgan fingerprint density at radius 1 is 1.29 bits per heavy atom. The molecule has 0 saturated carbocycles. The van der Waals surface area contributed by atoms with E-state index in [1.807, 2.05) is 6.07 Å². The van der Waals surface area contributed by atoms with E-state index in [1.165, 1.54) is 24.3 Å². The topological polar surface area (TPSA) is 97.5 Å². The van der Waals surface area contributed by atoms with Gasteiger partial charge in [-0.1, -0.05) is 12.1 Å².